The molecule has 3 rings (SSSR count). The molecule has 1 aromatic carbocycles. The predicted octanol–water partition coefficient (Wildman–Crippen LogP) is 2.27. The molecular formula is C20H27N3O4. The summed E-state index contributed by atoms with van der Waals surface area (Å²) in [5.74, 6) is -0.189. The molecule has 27 heavy (non-hydrogen) atoms. The normalized spacial score (nSPS) is 17.7. The Bertz CT molecular complexity index is 692. The molecule has 2 saturated heterocycles. The van der Waals surface area contributed by atoms with Crippen molar-refractivity contribution >= 4 is 17.9 Å². The third-order valence-electron chi connectivity index (χ3n) is 5.12. The van der Waals surface area contributed by atoms with Crippen molar-refractivity contribution in [3.05, 3.63) is 35.4 Å². The summed E-state index contributed by atoms with van der Waals surface area (Å²) >= 11 is 0. The van der Waals surface area contributed by atoms with E-state index in [1.807, 2.05) is 4.90 Å². The molecular weight excluding hydrogens is 346 g/mol. The van der Waals surface area contributed by atoms with Crippen molar-refractivity contribution in [3.63, 3.8) is 0 Å². The van der Waals surface area contributed by atoms with Crippen molar-refractivity contribution in [2.75, 3.05) is 32.8 Å². The van der Waals surface area contributed by atoms with Crippen molar-refractivity contribution in [1.29, 1.82) is 0 Å². The Morgan fingerprint density at radius 2 is 1.70 bits per heavy atom. The second kappa shape index (κ2) is 8.88. The molecule has 1 N–H and O–H groups in total. The van der Waals surface area contributed by atoms with E-state index in [2.05, 4.69) is 5.32 Å². The number of amides is 3. The Labute approximate surface area is 159 Å². The molecule has 0 radical (unpaired) electrons. The van der Waals surface area contributed by atoms with Crippen LogP contribution in [-0.4, -0.2) is 66.5 Å². The minimum atomic E-state index is -0.296. The van der Waals surface area contributed by atoms with Crippen LogP contribution in [0.5, 0.6) is 0 Å². The fourth-order valence-corrected chi connectivity index (χ4v) is 3.59. The molecule has 0 spiro atoms. The fraction of sp³-hybridized carbons (Fsp3) is 0.550. The average molecular weight is 373 g/mol. The van der Waals surface area contributed by atoms with Gasteiger partial charge in [0.2, 0.25) is 0 Å². The lowest BCUT2D eigenvalue weighted by molar-refractivity contribution is 0.0792. The van der Waals surface area contributed by atoms with E-state index in [1.165, 1.54) is 0 Å². The van der Waals surface area contributed by atoms with Crippen LogP contribution in [0.4, 0.5) is 4.79 Å². The summed E-state index contributed by atoms with van der Waals surface area (Å²) in [7, 11) is 0. The first kappa shape index (κ1) is 19.2. The van der Waals surface area contributed by atoms with E-state index in [-0.39, 0.29) is 23.9 Å². The second-order valence-electron chi connectivity index (χ2n) is 7.01. The number of piperidine rings is 1. The van der Waals surface area contributed by atoms with Crippen LogP contribution in [0.15, 0.2) is 24.3 Å². The average Bonchev–Trinajstić information content (AvgIpc) is 3.23. The highest BCUT2D eigenvalue weighted by Crippen LogP contribution is 2.16. The standard InChI is InChI=1S/C20H27N3O4/c1-2-27-20(26)23-12-8-17(9-13-23)21-18(24)15-6-5-7-16(14-15)19(25)22-10-3-4-11-22/h5-7,14,17H,2-4,8-13H2,1H3,(H,21,24). The quantitative estimate of drug-likeness (QED) is 0.878. The largest absolute Gasteiger partial charge is 0.450 e. The minimum Gasteiger partial charge on any atom is -0.450 e. The van der Waals surface area contributed by atoms with Crippen molar-refractivity contribution < 1.29 is 19.1 Å². The highest BCUT2D eigenvalue weighted by atomic mass is 16.6. The van der Waals surface area contributed by atoms with E-state index in [0.717, 1.165) is 25.9 Å². The molecule has 0 bridgehead atoms. The highest BCUT2D eigenvalue weighted by molar-refractivity contribution is 5.99. The molecule has 0 saturated carbocycles. The van der Waals surface area contributed by atoms with Gasteiger partial charge < -0.3 is 19.9 Å². The molecule has 2 aliphatic rings. The van der Waals surface area contributed by atoms with Gasteiger partial charge in [0.05, 0.1) is 6.61 Å². The zero-order valence-corrected chi connectivity index (χ0v) is 15.8. The number of ether oxygens (including phenoxy) is 1. The summed E-state index contributed by atoms with van der Waals surface area (Å²) in [6.07, 6.45) is 3.16. The molecule has 3 amide bonds. The van der Waals surface area contributed by atoms with Gasteiger partial charge in [0.25, 0.3) is 11.8 Å². The topological polar surface area (TPSA) is 79.0 Å². The lowest BCUT2D eigenvalue weighted by Gasteiger charge is -2.31. The monoisotopic (exact) mass is 373 g/mol. The molecule has 0 unspecified atom stereocenters. The second-order valence-corrected chi connectivity index (χ2v) is 7.01. The molecule has 7 heteroatoms. The van der Waals surface area contributed by atoms with Gasteiger partial charge in [-0.25, -0.2) is 4.79 Å². The molecule has 7 nitrogen and oxygen atoms in total. The Morgan fingerprint density at radius 3 is 2.37 bits per heavy atom. The first-order chi connectivity index (χ1) is 13.1. The van der Waals surface area contributed by atoms with Gasteiger partial charge in [0.15, 0.2) is 0 Å². The summed E-state index contributed by atoms with van der Waals surface area (Å²) in [6.45, 7) is 4.85. The van der Waals surface area contributed by atoms with E-state index in [1.54, 1.807) is 36.1 Å². The molecule has 1 aromatic rings. The van der Waals surface area contributed by atoms with E-state index >= 15 is 0 Å². The first-order valence-corrected chi connectivity index (χ1v) is 9.70. The van der Waals surface area contributed by atoms with Crippen LogP contribution >= 0.6 is 0 Å². The maximum absolute atomic E-state index is 12.6. The number of nitrogens with one attached hydrogen (secondary N) is 1. The summed E-state index contributed by atoms with van der Waals surface area (Å²) in [5.41, 5.74) is 1.05. The van der Waals surface area contributed by atoms with Gasteiger partial charge in [-0.2, -0.15) is 0 Å². The highest BCUT2D eigenvalue weighted by Gasteiger charge is 2.25. The molecule has 0 atom stereocenters. The number of carbonyl (C=O) groups excluding carboxylic acids is 3. The lowest BCUT2D eigenvalue weighted by atomic mass is 10.0. The Morgan fingerprint density at radius 1 is 1.04 bits per heavy atom. The Kier molecular flexibility index (Phi) is 6.32. The SMILES string of the molecule is CCOC(=O)N1CCC(NC(=O)c2cccc(C(=O)N3CCCC3)c2)CC1. The number of nitrogens with zero attached hydrogens (tertiary/aromatic N) is 2. The third kappa shape index (κ3) is 4.78. The zero-order chi connectivity index (χ0) is 19.2. The summed E-state index contributed by atoms with van der Waals surface area (Å²) in [5, 5.41) is 3.02. The number of hydrogen-bond acceptors (Lipinski definition) is 4. The van der Waals surface area contributed by atoms with Gasteiger partial charge in [0.1, 0.15) is 0 Å². The first-order valence-electron chi connectivity index (χ1n) is 9.70. The molecule has 146 valence electrons. The van der Waals surface area contributed by atoms with Crippen molar-refractivity contribution in [2.24, 2.45) is 0 Å². The zero-order valence-electron chi connectivity index (χ0n) is 15.8. The Hall–Kier alpha value is -2.57. The number of carbonyl (C=O) groups is 3. The van der Waals surface area contributed by atoms with Gasteiger partial charge in [-0.15, -0.1) is 0 Å². The maximum Gasteiger partial charge on any atom is 0.409 e. The van der Waals surface area contributed by atoms with Gasteiger partial charge in [-0.3, -0.25) is 9.59 Å². The third-order valence-corrected chi connectivity index (χ3v) is 5.12. The van der Waals surface area contributed by atoms with Crippen LogP contribution in [0.3, 0.4) is 0 Å². The smallest absolute Gasteiger partial charge is 0.409 e. The van der Waals surface area contributed by atoms with Gasteiger partial charge >= 0.3 is 6.09 Å². The maximum atomic E-state index is 12.6. The number of benzene rings is 1. The van der Waals surface area contributed by atoms with Gasteiger partial charge in [0, 0.05) is 43.3 Å². The fourth-order valence-electron chi connectivity index (χ4n) is 3.59. The van der Waals surface area contributed by atoms with Crippen molar-refractivity contribution in [2.45, 2.75) is 38.6 Å². The number of likely N-dealkylation sites (tertiary alicyclic amines) is 2. The molecule has 2 aliphatic heterocycles. The van der Waals surface area contributed by atoms with E-state index in [9.17, 15) is 14.4 Å². The van der Waals surface area contributed by atoms with Crippen LogP contribution in [-0.2, 0) is 4.74 Å². The van der Waals surface area contributed by atoms with Crippen molar-refractivity contribution in [3.8, 4) is 0 Å². The van der Waals surface area contributed by atoms with Gasteiger partial charge in [-0.05, 0) is 50.8 Å². The summed E-state index contributed by atoms with van der Waals surface area (Å²) in [4.78, 5) is 40.3. The minimum absolute atomic E-state index is 0.00936. The van der Waals surface area contributed by atoms with Gasteiger partial charge in [-0.1, -0.05) is 6.07 Å². The van der Waals surface area contributed by atoms with Crippen molar-refractivity contribution in [1.82, 2.24) is 15.1 Å². The molecule has 2 heterocycles. The van der Waals surface area contributed by atoms with Crippen LogP contribution < -0.4 is 5.32 Å². The van der Waals surface area contributed by atoms with Crippen LogP contribution in [0.1, 0.15) is 53.3 Å². The Balaban J connectivity index is 1.55. The molecule has 2 fully saturated rings. The molecule has 0 aromatic heterocycles. The molecule has 0 aliphatic carbocycles. The van der Waals surface area contributed by atoms with E-state index in [0.29, 0.717) is 43.7 Å². The van der Waals surface area contributed by atoms with E-state index in [4.69, 9.17) is 4.74 Å². The van der Waals surface area contributed by atoms with Crippen LogP contribution in [0.25, 0.3) is 0 Å². The van der Waals surface area contributed by atoms with Crippen LogP contribution in [0.2, 0.25) is 0 Å². The van der Waals surface area contributed by atoms with Crippen LogP contribution in [0, 0.1) is 0 Å². The lowest BCUT2D eigenvalue weighted by Crippen LogP contribution is -2.46. The predicted molar refractivity (Wildman–Crippen MR) is 101 cm³/mol. The van der Waals surface area contributed by atoms with E-state index < -0.39 is 0 Å². The summed E-state index contributed by atoms with van der Waals surface area (Å²) < 4.78 is 5.01. The summed E-state index contributed by atoms with van der Waals surface area (Å²) in [6, 6.07) is 6.92. The number of hydrogen-bond donors (Lipinski definition) is 1. The number of rotatable bonds is 4.